The fourth-order valence-electron chi connectivity index (χ4n) is 1.95. The first-order valence-electron chi connectivity index (χ1n) is 7.81. The zero-order valence-corrected chi connectivity index (χ0v) is 14.0. The smallest absolute Gasteiger partial charge is 0.213 e. The largest absolute Gasteiger partial charge is 0.478 e. The summed E-state index contributed by atoms with van der Waals surface area (Å²) >= 11 is 0. The zero-order valence-electron chi connectivity index (χ0n) is 14.0. The van der Waals surface area contributed by atoms with Crippen molar-refractivity contribution in [2.45, 2.75) is 32.7 Å². The molecule has 1 heterocycles. The van der Waals surface area contributed by atoms with Crippen LogP contribution in [0, 0.1) is 0 Å². The molecule has 1 aromatic heterocycles. The van der Waals surface area contributed by atoms with Gasteiger partial charge in [-0.3, -0.25) is 4.99 Å². The van der Waals surface area contributed by atoms with Crippen LogP contribution in [-0.4, -0.2) is 43.1 Å². The highest BCUT2D eigenvalue weighted by Crippen LogP contribution is 2.08. The van der Waals surface area contributed by atoms with E-state index in [-0.39, 0.29) is 0 Å². The van der Waals surface area contributed by atoms with Crippen LogP contribution in [0.3, 0.4) is 0 Å². The fourth-order valence-corrected chi connectivity index (χ4v) is 1.95. The number of aromatic nitrogens is 1. The van der Waals surface area contributed by atoms with E-state index in [1.165, 1.54) is 0 Å². The fraction of sp³-hybridized carbons (Fsp3) is 0.529. The van der Waals surface area contributed by atoms with Gasteiger partial charge in [0, 0.05) is 39.4 Å². The van der Waals surface area contributed by atoms with Crippen molar-refractivity contribution in [3.05, 3.63) is 36.5 Å². The summed E-state index contributed by atoms with van der Waals surface area (Å²) in [4.78, 5) is 10.7. The van der Waals surface area contributed by atoms with Crippen LogP contribution >= 0.6 is 0 Å². The zero-order chi connectivity index (χ0) is 16.2. The number of guanidine groups is 1. The lowest BCUT2D eigenvalue weighted by atomic mass is 10.3. The average Bonchev–Trinajstić information content (AvgIpc) is 2.55. The van der Waals surface area contributed by atoms with E-state index in [0.717, 1.165) is 37.3 Å². The lowest BCUT2D eigenvalue weighted by Crippen LogP contribution is -2.38. The Morgan fingerprint density at radius 2 is 2.32 bits per heavy atom. The van der Waals surface area contributed by atoms with Gasteiger partial charge < -0.3 is 15.0 Å². The Kier molecular flexibility index (Phi) is 8.72. The highest BCUT2D eigenvalue weighted by Gasteiger charge is 2.05. The molecule has 0 amide bonds. The molecule has 1 N–H and O–H groups in total. The summed E-state index contributed by atoms with van der Waals surface area (Å²) in [6.07, 6.45) is 6.86. The summed E-state index contributed by atoms with van der Waals surface area (Å²) in [6.45, 7) is 8.17. The molecule has 0 unspecified atom stereocenters. The minimum Gasteiger partial charge on any atom is -0.478 e. The molecular weight excluding hydrogens is 276 g/mol. The highest BCUT2D eigenvalue weighted by atomic mass is 16.5. The molecule has 0 spiro atoms. The van der Waals surface area contributed by atoms with Crippen molar-refractivity contribution in [2.75, 3.05) is 27.2 Å². The van der Waals surface area contributed by atoms with Crippen LogP contribution in [-0.2, 0) is 6.54 Å². The van der Waals surface area contributed by atoms with E-state index in [1.54, 1.807) is 7.05 Å². The molecule has 0 aliphatic rings. The normalized spacial score (nSPS) is 11.1. The first-order valence-corrected chi connectivity index (χ1v) is 7.81. The third-order valence-corrected chi connectivity index (χ3v) is 3.18. The number of nitrogens with zero attached hydrogens (tertiary/aromatic N) is 3. The number of pyridine rings is 1. The molecule has 0 atom stereocenters. The van der Waals surface area contributed by atoms with E-state index in [9.17, 15) is 0 Å². The number of aliphatic imine (C=N–C) groups is 1. The van der Waals surface area contributed by atoms with E-state index in [4.69, 9.17) is 4.74 Å². The van der Waals surface area contributed by atoms with Crippen molar-refractivity contribution in [3.8, 4) is 5.88 Å². The van der Waals surface area contributed by atoms with Crippen molar-refractivity contribution in [2.24, 2.45) is 4.99 Å². The van der Waals surface area contributed by atoms with Gasteiger partial charge in [0.25, 0.3) is 0 Å². The van der Waals surface area contributed by atoms with Crippen molar-refractivity contribution in [1.82, 2.24) is 15.2 Å². The Balaban J connectivity index is 2.43. The van der Waals surface area contributed by atoms with Gasteiger partial charge in [-0.1, -0.05) is 19.1 Å². The van der Waals surface area contributed by atoms with Crippen LogP contribution in [0.1, 0.15) is 31.7 Å². The van der Waals surface area contributed by atoms with Crippen LogP contribution in [0.2, 0.25) is 0 Å². The van der Waals surface area contributed by atoms with E-state index in [2.05, 4.69) is 33.7 Å². The van der Waals surface area contributed by atoms with Crippen molar-refractivity contribution in [1.29, 1.82) is 0 Å². The predicted octanol–water partition coefficient (Wildman–Crippen LogP) is 2.84. The van der Waals surface area contributed by atoms with Crippen LogP contribution in [0.25, 0.3) is 0 Å². The Morgan fingerprint density at radius 1 is 1.50 bits per heavy atom. The van der Waals surface area contributed by atoms with E-state index in [1.807, 2.05) is 31.5 Å². The molecule has 0 aromatic carbocycles. The second-order valence-corrected chi connectivity index (χ2v) is 5.11. The molecule has 0 aliphatic heterocycles. The minimum atomic E-state index is 0.677. The molecule has 0 bridgehead atoms. The average molecular weight is 304 g/mol. The molecule has 122 valence electrons. The topological polar surface area (TPSA) is 49.8 Å². The lowest BCUT2D eigenvalue weighted by molar-refractivity contribution is 0.305. The minimum absolute atomic E-state index is 0.677. The summed E-state index contributed by atoms with van der Waals surface area (Å²) < 4.78 is 5.48. The van der Waals surface area contributed by atoms with Crippen LogP contribution in [0.4, 0.5) is 0 Å². The second kappa shape index (κ2) is 10.7. The molecule has 5 heteroatoms. The number of rotatable bonds is 9. The summed E-state index contributed by atoms with van der Waals surface area (Å²) in [5.41, 5.74) is 1.10. The maximum Gasteiger partial charge on any atom is 0.213 e. The summed E-state index contributed by atoms with van der Waals surface area (Å²) in [5, 5.41) is 3.34. The molecule has 1 rings (SSSR count). The van der Waals surface area contributed by atoms with Crippen molar-refractivity contribution < 1.29 is 4.74 Å². The monoisotopic (exact) mass is 304 g/mol. The van der Waals surface area contributed by atoms with Gasteiger partial charge in [-0.2, -0.15) is 0 Å². The van der Waals surface area contributed by atoms with Crippen LogP contribution in [0.15, 0.2) is 36.0 Å². The first-order chi connectivity index (χ1) is 10.7. The maximum absolute atomic E-state index is 5.48. The summed E-state index contributed by atoms with van der Waals surface area (Å²) in [5.74, 6) is 1.56. The van der Waals surface area contributed by atoms with Gasteiger partial charge in [-0.15, -0.1) is 6.58 Å². The predicted molar refractivity (Wildman–Crippen MR) is 92.3 cm³/mol. The quantitative estimate of drug-likeness (QED) is 0.330. The van der Waals surface area contributed by atoms with Gasteiger partial charge in [-0.25, -0.2) is 4.98 Å². The molecule has 22 heavy (non-hydrogen) atoms. The molecule has 0 saturated heterocycles. The lowest BCUT2D eigenvalue weighted by Gasteiger charge is -2.21. The number of hydrogen-bond donors (Lipinski definition) is 1. The number of allylic oxidation sites excluding steroid dienone is 1. The van der Waals surface area contributed by atoms with Gasteiger partial charge in [0.15, 0.2) is 5.96 Å². The number of nitrogens with one attached hydrogen (secondary N) is 1. The van der Waals surface area contributed by atoms with E-state index in [0.29, 0.717) is 19.0 Å². The molecule has 5 nitrogen and oxygen atoms in total. The van der Waals surface area contributed by atoms with Gasteiger partial charge in [0.2, 0.25) is 5.88 Å². The molecule has 0 aliphatic carbocycles. The van der Waals surface area contributed by atoms with Crippen LogP contribution < -0.4 is 10.1 Å². The van der Waals surface area contributed by atoms with Crippen molar-refractivity contribution >= 4 is 5.96 Å². The summed E-state index contributed by atoms with van der Waals surface area (Å²) in [7, 11) is 3.84. The Labute approximate surface area is 134 Å². The Morgan fingerprint density at radius 3 is 2.91 bits per heavy atom. The second-order valence-electron chi connectivity index (χ2n) is 5.11. The number of unbranched alkanes of at least 4 members (excludes halogenated alkanes) is 1. The SMILES string of the molecule is C=CCCCN(C)C(=NC)NCc1ccc(OCCC)nc1. The van der Waals surface area contributed by atoms with Crippen LogP contribution in [0.5, 0.6) is 5.88 Å². The molecule has 0 saturated carbocycles. The summed E-state index contributed by atoms with van der Waals surface area (Å²) in [6, 6.07) is 3.93. The van der Waals surface area contributed by atoms with Gasteiger partial charge >= 0.3 is 0 Å². The molecular formula is C17H28N4O. The first kappa shape index (κ1) is 18.0. The molecule has 0 radical (unpaired) electrons. The Bertz CT molecular complexity index is 456. The van der Waals surface area contributed by atoms with E-state index >= 15 is 0 Å². The molecule has 0 fully saturated rings. The standard InChI is InChI=1S/C17H28N4O/c1-5-7-8-11-21(4)17(18-3)20-14-15-9-10-16(19-13-15)22-12-6-2/h5,9-10,13H,1,6-8,11-12,14H2,2-4H3,(H,18,20). The van der Waals surface area contributed by atoms with Gasteiger partial charge in [0.05, 0.1) is 6.61 Å². The molecule has 1 aromatic rings. The Hall–Kier alpha value is -2.04. The third kappa shape index (κ3) is 6.61. The van der Waals surface area contributed by atoms with E-state index < -0.39 is 0 Å². The van der Waals surface area contributed by atoms with Gasteiger partial charge in [0.1, 0.15) is 0 Å². The number of ether oxygens (including phenoxy) is 1. The van der Waals surface area contributed by atoms with Crippen molar-refractivity contribution in [3.63, 3.8) is 0 Å². The highest BCUT2D eigenvalue weighted by molar-refractivity contribution is 5.79. The maximum atomic E-state index is 5.48. The van der Waals surface area contributed by atoms with Gasteiger partial charge in [-0.05, 0) is 24.8 Å². The number of hydrogen-bond acceptors (Lipinski definition) is 3. The third-order valence-electron chi connectivity index (χ3n) is 3.18.